The zero-order valence-electron chi connectivity index (χ0n) is 22.0. The van der Waals surface area contributed by atoms with Gasteiger partial charge in [-0.2, -0.15) is 9.97 Å². The molecule has 0 radical (unpaired) electrons. The van der Waals surface area contributed by atoms with Gasteiger partial charge in [-0.25, -0.2) is 14.6 Å². The van der Waals surface area contributed by atoms with E-state index in [0.717, 1.165) is 0 Å². The predicted octanol–water partition coefficient (Wildman–Crippen LogP) is 1.11. The highest BCUT2D eigenvalue weighted by molar-refractivity contribution is 6.28. The molecule has 2 N–H and O–H groups in total. The number of esters is 4. The van der Waals surface area contributed by atoms with E-state index in [9.17, 15) is 19.2 Å². The maximum Gasteiger partial charge on any atom is 0.347 e. The van der Waals surface area contributed by atoms with Crippen LogP contribution in [0.4, 0.5) is 5.82 Å². The highest BCUT2D eigenvalue weighted by atomic mass is 35.5. The number of aromatic nitrogens is 4. The lowest BCUT2D eigenvalue weighted by Gasteiger charge is -2.36. The fraction of sp³-hybridized carbons (Fsp3) is 0.609. The van der Waals surface area contributed by atoms with Crippen molar-refractivity contribution >= 4 is 52.5 Å². The molecule has 0 saturated carbocycles. The van der Waals surface area contributed by atoms with Crippen molar-refractivity contribution in [1.82, 2.24) is 19.5 Å². The first kappa shape index (κ1) is 30.0. The van der Waals surface area contributed by atoms with Gasteiger partial charge in [0, 0.05) is 13.8 Å². The number of halogens is 1. The van der Waals surface area contributed by atoms with Crippen LogP contribution in [0.3, 0.4) is 0 Å². The van der Waals surface area contributed by atoms with Crippen LogP contribution in [0.25, 0.3) is 11.2 Å². The molecule has 214 valence electrons. The number of nitrogen functional groups attached to an aromatic ring is 1. The minimum absolute atomic E-state index is 0.000813. The third kappa shape index (κ3) is 6.20. The second-order valence-electron chi connectivity index (χ2n) is 8.37. The molecule has 1 aliphatic heterocycles. The normalized spacial score (nSPS) is 22.6. The summed E-state index contributed by atoms with van der Waals surface area (Å²) in [5.41, 5.74) is 4.65. The Kier molecular flexibility index (Phi) is 9.63. The summed E-state index contributed by atoms with van der Waals surface area (Å²) in [6.07, 6.45) is -3.95. The fourth-order valence-electron chi connectivity index (χ4n) is 4.35. The summed E-state index contributed by atoms with van der Waals surface area (Å²) in [5, 5.41) is -0.169. The van der Waals surface area contributed by atoms with Crippen LogP contribution in [0.15, 0.2) is 6.33 Å². The van der Waals surface area contributed by atoms with Crippen LogP contribution in [0.1, 0.15) is 47.3 Å². The number of carbonyl (C=O) groups is 4. The molecule has 2 aromatic heterocycles. The van der Waals surface area contributed by atoms with E-state index < -0.39 is 60.6 Å². The third-order valence-electron chi connectivity index (χ3n) is 5.88. The van der Waals surface area contributed by atoms with Crippen molar-refractivity contribution < 1.29 is 47.6 Å². The number of rotatable bonds is 11. The summed E-state index contributed by atoms with van der Waals surface area (Å²) in [6.45, 7) is 6.66. The summed E-state index contributed by atoms with van der Waals surface area (Å²) in [4.78, 5) is 61.6. The molecular weight excluding hydrogens is 542 g/mol. The van der Waals surface area contributed by atoms with Crippen LogP contribution in [0.2, 0.25) is 5.28 Å². The van der Waals surface area contributed by atoms with Gasteiger partial charge in [-0.15, -0.1) is 0 Å². The minimum atomic E-state index is -1.74. The molecule has 1 aliphatic rings. The maximum absolute atomic E-state index is 12.4. The van der Waals surface area contributed by atoms with Crippen LogP contribution in [0.5, 0.6) is 0 Å². The Bertz CT molecular complexity index is 1220. The number of hydrogen-bond donors (Lipinski definition) is 1. The zero-order valence-corrected chi connectivity index (χ0v) is 22.8. The number of hydrogen-bond acceptors (Lipinski definition) is 14. The van der Waals surface area contributed by atoms with E-state index >= 15 is 0 Å². The van der Waals surface area contributed by atoms with Crippen molar-refractivity contribution in [2.75, 3.05) is 25.6 Å². The van der Waals surface area contributed by atoms with Gasteiger partial charge < -0.3 is 34.2 Å². The first-order valence-electron chi connectivity index (χ1n) is 12.1. The molecule has 1 saturated heterocycles. The second-order valence-corrected chi connectivity index (χ2v) is 8.70. The number of fused-ring (bicyclic) bond motifs is 1. The number of ether oxygens (including phenoxy) is 6. The zero-order chi connectivity index (χ0) is 28.9. The molecule has 0 aliphatic carbocycles. The van der Waals surface area contributed by atoms with Crippen molar-refractivity contribution in [2.24, 2.45) is 0 Å². The second kappa shape index (κ2) is 12.5. The van der Waals surface area contributed by atoms with E-state index in [2.05, 4.69) is 15.0 Å². The molecule has 15 nitrogen and oxygen atoms in total. The van der Waals surface area contributed by atoms with Gasteiger partial charge in [0.2, 0.25) is 5.28 Å². The van der Waals surface area contributed by atoms with Crippen molar-refractivity contribution in [3.8, 4) is 0 Å². The van der Waals surface area contributed by atoms with E-state index in [1.54, 1.807) is 20.8 Å². The lowest BCUT2D eigenvalue weighted by atomic mass is 9.88. The molecular formula is C23H30ClN5O10. The van der Waals surface area contributed by atoms with Gasteiger partial charge in [0.1, 0.15) is 11.6 Å². The summed E-state index contributed by atoms with van der Waals surface area (Å²) in [5.74, 6) is -3.36. The summed E-state index contributed by atoms with van der Waals surface area (Å²) in [6, 6.07) is 0. The van der Waals surface area contributed by atoms with Gasteiger partial charge in [-0.3, -0.25) is 14.2 Å². The molecule has 0 amide bonds. The number of imidazole rings is 1. The average molecular weight is 572 g/mol. The van der Waals surface area contributed by atoms with Gasteiger partial charge in [-0.05, 0) is 31.9 Å². The van der Waals surface area contributed by atoms with Crippen molar-refractivity contribution in [2.45, 2.75) is 71.2 Å². The van der Waals surface area contributed by atoms with Crippen molar-refractivity contribution in [1.29, 1.82) is 0 Å². The molecule has 16 heteroatoms. The molecule has 3 rings (SSSR count). The largest absolute Gasteiger partial charge is 0.464 e. The fourth-order valence-corrected chi connectivity index (χ4v) is 4.52. The Labute approximate surface area is 228 Å². The van der Waals surface area contributed by atoms with Gasteiger partial charge >= 0.3 is 23.9 Å². The van der Waals surface area contributed by atoms with E-state index in [-0.39, 0.29) is 41.9 Å². The Morgan fingerprint density at radius 2 is 1.74 bits per heavy atom. The molecule has 3 heterocycles. The SMILES string of the molecule is CCOC(=O)C(OC[C@H]1O[C@@H](n2cnc3c(N)nc(Cl)nc32)[C@H](OC(C)=O)[C@]1(CC)OC(C)=O)C(=O)OCC. The van der Waals surface area contributed by atoms with E-state index in [1.165, 1.54) is 24.7 Å². The smallest absolute Gasteiger partial charge is 0.347 e. The summed E-state index contributed by atoms with van der Waals surface area (Å²) < 4.78 is 34.5. The van der Waals surface area contributed by atoms with Crippen LogP contribution in [-0.2, 0) is 47.6 Å². The van der Waals surface area contributed by atoms with Gasteiger partial charge in [-0.1, -0.05) is 6.92 Å². The highest BCUT2D eigenvalue weighted by Crippen LogP contribution is 2.45. The summed E-state index contributed by atoms with van der Waals surface area (Å²) in [7, 11) is 0. The van der Waals surface area contributed by atoms with Crippen LogP contribution in [0, 0.1) is 0 Å². The third-order valence-corrected chi connectivity index (χ3v) is 6.05. The number of anilines is 1. The monoisotopic (exact) mass is 571 g/mol. The van der Waals surface area contributed by atoms with E-state index in [4.69, 9.17) is 45.8 Å². The Balaban J connectivity index is 2.08. The van der Waals surface area contributed by atoms with Gasteiger partial charge in [0.05, 0.1) is 26.1 Å². The van der Waals surface area contributed by atoms with E-state index in [0.29, 0.717) is 0 Å². The summed E-state index contributed by atoms with van der Waals surface area (Å²) >= 11 is 6.01. The minimum Gasteiger partial charge on any atom is -0.464 e. The molecule has 0 spiro atoms. The Morgan fingerprint density at radius 3 is 2.28 bits per heavy atom. The highest BCUT2D eigenvalue weighted by Gasteiger charge is 2.61. The molecule has 0 aromatic carbocycles. The number of nitrogens with two attached hydrogens (primary N) is 1. The number of carbonyl (C=O) groups excluding carboxylic acids is 4. The molecule has 2 aromatic rings. The Morgan fingerprint density at radius 1 is 1.10 bits per heavy atom. The van der Waals surface area contributed by atoms with E-state index in [1.807, 2.05) is 0 Å². The lowest BCUT2D eigenvalue weighted by Crippen LogP contribution is -2.54. The standard InChI is InChI=1S/C23H30ClN5O10/c1-6-23(39-12(5)31)13(9-36-15(20(32)34-7-2)21(33)35-8-3)38-19(16(23)37-11(4)30)29-10-26-14-17(25)27-22(24)28-18(14)29/h10,13,15-16,19H,6-9H2,1-5H3,(H2,25,27,28)/t13-,16+,19-,23-/m1/s1. The van der Waals surface area contributed by atoms with Crippen molar-refractivity contribution in [3.63, 3.8) is 0 Å². The maximum atomic E-state index is 12.4. The predicted molar refractivity (Wildman–Crippen MR) is 132 cm³/mol. The Hall–Kier alpha value is -3.56. The van der Waals surface area contributed by atoms with Crippen molar-refractivity contribution in [3.05, 3.63) is 11.6 Å². The van der Waals surface area contributed by atoms with Crippen LogP contribution in [-0.4, -0.2) is 87.1 Å². The average Bonchev–Trinajstić information content (AvgIpc) is 3.39. The lowest BCUT2D eigenvalue weighted by molar-refractivity contribution is -0.192. The molecule has 0 bridgehead atoms. The van der Waals surface area contributed by atoms with Crippen LogP contribution < -0.4 is 5.73 Å². The molecule has 1 fully saturated rings. The molecule has 39 heavy (non-hydrogen) atoms. The molecule has 0 unspecified atom stereocenters. The topological polar surface area (TPSA) is 193 Å². The first-order chi connectivity index (χ1) is 18.5. The first-order valence-corrected chi connectivity index (χ1v) is 12.5. The van der Waals surface area contributed by atoms with Gasteiger partial charge in [0.25, 0.3) is 6.10 Å². The van der Waals surface area contributed by atoms with Gasteiger partial charge in [0.15, 0.2) is 29.4 Å². The van der Waals surface area contributed by atoms with Crippen LogP contribution >= 0.6 is 11.6 Å². The quantitative estimate of drug-likeness (QED) is 0.174. The molecule has 4 atom stereocenters. The number of nitrogens with zero attached hydrogens (tertiary/aromatic N) is 4.